The number of carbonyl (C=O) groups excluding carboxylic acids is 1. The van der Waals surface area contributed by atoms with Crippen LogP contribution in [0.4, 0.5) is 11.5 Å². The van der Waals surface area contributed by atoms with Gasteiger partial charge in [0, 0.05) is 24.3 Å². The van der Waals surface area contributed by atoms with Crippen molar-refractivity contribution in [2.75, 3.05) is 23.3 Å². The van der Waals surface area contributed by atoms with Crippen molar-refractivity contribution < 1.29 is 4.79 Å². The third kappa shape index (κ3) is 4.42. The highest BCUT2D eigenvalue weighted by Gasteiger charge is 2.13. The van der Waals surface area contributed by atoms with Crippen LogP contribution >= 0.6 is 0 Å². The van der Waals surface area contributed by atoms with Gasteiger partial charge >= 0.3 is 0 Å². The van der Waals surface area contributed by atoms with E-state index in [9.17, 15) is 4.79 Å². The van der Waals surface area contributed by atoms with Gasteiger partial charge in [-0.3, -0.25) is 9.78 Å². The minimum Gasteiger partial charge on any atom is -0.355 e. The smallest absolute Gasteiger partial charge is 0.275 e. The normalized spacial score (nSPS) is 14.2. The molecular weight excluding hydrogens is 400 g/mol. The van der Waals surface area contributed by atoms with Gasteiger partial charge < -0.3 is 10.2 Å². The quantitative estimate of drug-likeness (QED) is 0.510. The van der Waals surface area contributed by atoms with E-state index in [2.05, 4.69) is 30.4 Å². The number of hydrogen-bond donors (Lipinski definition) is 1. The summed E-state index contributed by atoms with van der Waals surface area (Å²) in [6.45, 7) is 2.07. The van der Waals surface area contributed by atoms with Gasteiger partial charge in [0.15, 0.2) is 5.82 Å². The summed E-state index contributed by atoms with van der Waals surface area (Å²) in [5.41, 5.74) is 4.05. The zero-order valence-electron chi connectivity index (χ0n) is 17.7. The summed E-state index contributed by atoms with van der Waals surface area (Å²) < 4.78 is 0. The maximum atomic E-state index is 12.7. The van der Waals surface area contributed by atoms with Gasteiger partial charge in [0.05, 0.1) is 22.9 Å². The molecular formula is C25H24N6O. The number of nitrogens with one attached hydrogen (secondary N) is 1. The lowest BCUT2D eigenvalue weighted by Gasteiger charge is -2.20. The number of aromatic nitrogens is 4. The number of rotatable bonds is 4. The maximum Gasteiger partial charge on any atom is 0.275 e. The third-order valence-electron chi connectivity index (χ3n) is 5.68. The summed E-state index contributed by atoms with van der Waals surface area (Å²) >= 11 is 0. The Morgan fingerprint density at radius 3 is 2.44 bits per heavy atom. The highest BCUT2D eigenvalue weighted by molar-refractivity contribution is 6.03. The minimum atomic E-state index is -0.303. The molecule has 2 aromatic heterocycles. The topological polar surface area (TPSA) is 83.9 Å². The van der Waals surface area contributed by atoms with Gasteiger partial charge in [-0.2, -0.15) is 0 Å². The number of hydrogen-bond acceptors (Lipinski definition) is 6. The first-order valence-electron chi connectivity index (χ1n) is 11.0. The van der Waals surface area contributed by atoms with Gasteiger partial charge in [0.25, 0.3) is 5.91 Å². The molecule has 3 heterocycles. The molecule has 0 radical (unpaired) electrons. The lowest BCUT2D eigenvalue weighted by Crippen LogP contribution is -2.25. The zero-order valence-corrected chi connectivity index (χ0v) is 17.7. The molecule has 0 unspecified atom stereocenters. The first-order valence-corrected chi connectivity index (χ1v) is 11.0. The second-order valence-electron chi connectivity index (χ2n) is 7.96. The summed E-state index contributed by atoms with van der Waals surface area (Å²) in [5, 5.41) is 11.8. The van der Waals surface area contributed by atoms with Crippen molar-refractivity contribution in [3.8, 4) is 11.3 Å². The van der Waals surface area contributed by atoms with Crippen LogP contribution in [0.2, 0.25) is 0 Å². The van der Waals surface area contributed by atoms with Crippen LogP contribution in [0.5, 0.6) is 0 Å². The molecule has 32 heavy (non-hydrogen) atoms. The third-order valence-corrected chi connectivity index (χ3v) is 5.68. The van der Waals surface area contributed by atoms with Gasteiger partial charge in [0.1, 0.15) is 5.69 Å². The fourth-order valence-corrected chi connectivity index (χ4v) is 3.97. The van der Waals surface area contributed by atoms with Crippen molar-refractivity contribution >= 4 is 28.4 Å². The molecule has 1 aliphatic heterocycles. The predicted octanol–water partition coefficient (Wildman–Crippen LogP) is 4.72. The van der Waals surface area contributed by atoms with Crippen LogP contribution < -0.4 is 10.2 Å². The second kappa shape index (κ2) is 9.09. The number of nitrogens with zero attached hydrogens (tertiary/aromatic N) is 5. The van der Waals surface area contributed by atoms with Crippen molar-refractivity contribution in [2.45, 2.75) is 25.7 Å². The van der Waals surface area contributed by atoms with Crippen LogP contribution in [-0.2, 0) is 0 Å². The SMILES string of the molecule is O=C(Nc1cccc(-c2ccc(N3CCCCCC3)nn2)c1)c1cnc2ccccc2n1. The fraction of sp³-hybridized carbons (Fsp3) is 0.240. The van der Waals surface area contributed by atoms with Gasteiger partial charge in [0.2, 0.25) is 0 Å². The molecule has 5 rings (SSSR count). The Morgan fingerprint density at radius 2 is 1.66 bits per heavy atom. The summed E-state index contributed by atoms with van der Waals surface area (Å²) in [4.78, 5) is 23.7. The highest BCUT2D eigenvalue weighted by atomic mass is 16.1. The fourth-order valence-electron chi connectivity index (χ4n) is 3.97. The van der Waals surface area contributed by atoms with Crippen LogP contribution in [0.15, 0.2) is 66.9 Å². The lowest BCUT2D eigenvalue weighted by atomic mass is 10.1. The minimum absolute atomic E-state index is 0.274. The van der Waals surface area contributed by atoms with Crippen LogP contribution in [0.25, 0.3) is 22.3 Å². The second-order valence-corrected chi connectivity index (χ2v) is 7.96. The van der Waals surface area contributed by atoms with E-state index in [0.717, 1.165) is 35.7 Å². The molecule has 0 atom stereocenters. The largest absolute Gasteiger partial charge is 0.355 e. The van der Waals surface area contributed by atoms with E-state index in [-0.39, 0.29) is 11.6 Å². The molecule has 7 nitrogen and oxygen atoms in total. The van der Waals surface area contributed by atoms with Crippen molar-refractivity contribution in [3.05, 3.63) is 72.6 Å². The standard InChI is InChI=1S/C25H24N6O/c32-25(23-17-26-21-10-3-4-11-22(21)28-23)27-19-9-7-8-18(16-19)20-12-13-24(30-29-20)31-14-5-1-2-6-15-31/h3-4,7-13,16-17H,1-2,5-6,14-15H2,(H,27,32). The Bertz CT molecular complexity index is 1230. The summed E-state index contributed by atoms with van der Waals surface area (Å²) in [7, 11) is 0. The molecule has 4 aromatic rings. The van der Waals surface area contributed by atoms with Gasteiger partial charge in [-0.15, -0.1) is 10.2 Å². The molecule has 1 amide bonds. The van der Waals surface area contributed by atoms with Gasteiger partial charge in [-0.05, 0) is 49.2 Å². The number of fused-ring (bicyclic) bond motifs is 1. The summed E-state index contributed by atoms with van der Waals surface area (Å²) in [5.74, 6) is 0.623. The first-order chi connectivity index (χ1) is 15.8. The Labute approximate surface area is 186 Å². The lowest BCUT2D eigenvalue weighted by molar-refractivity contribution is 0.102. The molecule has 0 spiro atoms. The number of benzene rings is 2. The van der Waals surface area contributed by atoms with E-state index in [1.54, 1.807) is 0 Å². The Morgan fingerprint density at radius 1 is 0.844 bits per heavy atom. The van der Waals surface area contributed by atoms with Crippen LogP contribution in [-0.4, -0.2) is 39.2 Å². The van der Waals surface area contributed by atoms with Gasteiger partial charge in [-0.25, -0.2) is 4.98 Å². The molecule has 1 aliphatic rings. The molecule has 160 valence electrons. The Kier molecular flexibility index (Phi) is 5.70. The average Bonchev–Trinajstić information content (AvgIpc) is 3.14. The molecule has 0 aliphatic carbocycles. The maximum absolute atomic E-state index is 12.7. The number of amides is 1. The van der Waals surface area contributed by atoms with Crippen LogP contribution in [0.1, 0.15) is 36.2 Å². The summed E-state index contributed by atoms with van der Waals surface area (Å²) in [6.07, 6.45) is 6.46. The van der Waals surface area contributed by atoms with E-state index in [1.807, 2.05) is 60.7 Å². The molecule has 7 heteroatoms. The molecule has 1 saturated heterocycles. The van der Waals surface area contributed by atoms with Crippen molar-refractivity contribution in [3.63, 3.8) is 0 Å². The van der Waals surface area contributed by atoms with E-state index >= 15 is 0 Å². The number of carbonyl (C=O) groups is 1. The number of para-hydroxylation sites is 2. The van der Waals surface area contributed by atoms with Crippen molar-refractivity contribution in [2.24, 2.45) is 0 Å². The van der Waals surface area contributed by atoms with E-state index in [4.69, 9.17) is 0 Å². The highest BCUT2D eigenvalue weighted by Crippen LogP contribution is 2.23. The summed E-state index contributed by atoms with van der Waals surface area (Å²) in [6, 6.07) is 19.1. The first kappa shape index (κ1) is 20.1. The molecule has 0 saturated carbocycles. The van der Waals surface area contributed by atoms with E-state index in [0.29, 0.717) is 11.2 Å². The van der Waals surface area contributed by atoms with Crippen LogP contribution in [0.3, 0.4) is 0 Å². The van der Waals surface area contributed by atoms with Crippen molar-refractivity contribution in [1.82, 2.24) is 20.2 Å². The Hall–Kier alpha value is -3.87. The number of anilines is 2. The molecule has 2 aromatic carbocycles. The Balaban J connectivity index is 1.32. The van der Waals surface area contributed by atoms with Crippen molar-refractivity contribution in [1.29, 1.82) is 0 Å². The molecule has 1 fully saturated rings. The average molecular weight is 425 g/mol. The van der Waals surface area contributed by atoms with Gasteiger partial charge in [-0.1, -0.05) is 37.1 Å². The van der Waals surface area contributed by atoms with Crippen LogP contribution in [0, 0.1) is 0 Å². The molecule has 0 bridgehead atoms. The zero-order chi connectivity index (χ0) is 21.8. The monoisotopic (exact) mass is 424 g/mol. The predicted molar refractivity (Wildman–Crippen MR) is 126 cm³/mol. The molecule has 1 N–H and O–H groups in total. The van der Waals surface area contributed by atoms with E-state index < -0.39 is 0 Å². The van der Waals surface area contributed by atoms with E-state index in [1.165, 1.54) is 31.9 Å².